The van der Waals surface area contributed by atoms with Gasteiger partial charge in [-0.15, -0.1) is 24.7 Å². The zero-order valence-corrected chi connectivity index (χ0v) is 35.3. The molecule has 16 heteroatoms. The molecule has 2 aliphatic heterocycles. The van der Waals surface area contributed by atoms with E-state index < -0.39 is 23.1 Å². The van der Waals surface area contributed by atoms with Crippen molar-refractivity contribution in [1.29, 1.82) is 5.26 Å². The van der Waals surface area contributed by atoms with Crippen LogP contribution in [0.3, 0.4) is 0 Å². The molecule has 316 valence electrons. The summed E-state index contributed by atoms with van der Waals surface area (Å²) in [5, 5.41) is 29.4. The molecule has 0 aromatic carbocycles. The zero-order chi connectivity index (χ0) is 41.6. The van der Waals surface area contributed by atoms with Gasteiger partial charge >= 0.3 is 23.9 Å². The van der Waals surface area contributed by atoms with Crippen molar-refractivity contribution < 1.29 is 38.9 Å². The molecule has 0 saturated carbocycles. The van der Waals surface area contributed by atoms with Gasteiger partial charge in [-0.05, 0) is 41.5 Å². The van der Waals surface area contributed by atoms with Crippen LogP contribution in [0.5, 0.6) is 0 Å². The van der Waals surface area contributed by atoms with E-state index in [0.29, 0.717) is 45.7 Å². The maximum absolute atomic E-state index is 12.1. The van der Waals surface area contributed by atoms with Gasteiger partial charge in [0.05, 0.1) is 32.2 Å². The molecule has 0 atom stereocenters. The molecular formula is C39H70BrN7O8. The highest BCUT2D eigenvalue weighted by Crippen LogP contribution is 2.09. The number of hydrogen-bond donors (Lipinski definition) is 3. The van der Waals surface area contributed by atoms with E-state index in [-0.39, 0.29) is 45.5 Å². The second-order valence-electron chi connectivity index (χ2n) is 14.5. The van der Waals surface area contributed by atoms with Gasteiger partial charge in [-0.25, -0.2) is 0 Å². The number of carbonyl (C=O) groups is 4. The summed E-state index contributed by atoms with van der Waals surface area (Å²) in [7, 11) is 0. The first-order valence-electron chi connectivity index (χ1n) is 18.2. The van der Waals surface area contributed by atoms with Crippen molar-refractivity contribution in [1.82, 2.24) is 29.8 Å². The fraction of sp³-hybridized carbons (Fsp3) is 0.769. The van der Waals surface area contributed by atoms with Gasteiger partial charge in [0, 0.05) is 110 Å². The molecular weight excluding hydrogens is 774 g/mol. The van der Waals surface area contributed by atoms with E-state index in [4.69, 9.17) is 37.8 Å². The number of rotatable bonds is 11. The highest BCUT2D eigenvalue weighted by Gasteiger charge is 2.23. The number of ether oxygens (including phenoxy) is 2. The van der Waals surface area contributed by atoms with Crippen LogP contribution in [0.15, 0.2) is 0 Å². The summed E-state index contributed by atoms with van der Waals surface area (Å²) in [6.45, 7) is 22.4. The van der Waals surface area contributed by atoms with Crippen LogP contribution in [0.2, 0.25) is 0 Å². The Bertz CT molecular complexity index is 1140. The van der Waals surface area contributed by atoms with Gasteiger partial charge in [-0.2, -0.15) is 5.26 Å². The van der Waals surface area contributed by atoms with Crippen LogP contribution in [0, 0.1) is 36.0 Å². The molecule has 0 radical (unpaired) electrons. The number of halogens is 1. The van der Waals surface area contributed by atoms with Crippen molar-refractivity contribution in [2.45, 2.75) is 79.9 Å². The fourth-order valence-corrected chi connectivity index (χ4v) is 5.15. The van der Waals surface area contributed by atoms with Gasteiger partial charge in [0.1, 0.15) is 11.2 Å². The highest BCUT2D eigenvalue weighted by molar-refractivity contribution is 9.09. The van der Waals surface area contributed by atoms with Crippen LogP contribution >= 0.6 is 15.9 Å². The first-order chi connectivity index (χ1) is 25.3. The molecule has 2 saturated heterocycles. The number of aliphatic carboxylic acids is 2. The second-order valence-corrected chi connectivity index (χ2v) is 15.3. The van der Waals surface area contributed by atoms with Gasteiger partial charge in [-0.1, -0.05) is 23.4 Å². The van der Waals surface area contributed by atoms with Crippen molar-refractivity contribution in [2.75, 3.05) is 117 Å². The van der Waals surface area contributed by atoms with Crippen LogP contribution in [-0.2, 0) is 28.7 Å². The number of terminal acetylenes is 2. The normalized spacial score (nSPS) is 16.6. The quantitative estimate of drug-likeness (QED) is 0.157. The van der Waals surface area contributed by atoms with Crippen molar-refractivity contribution in [3.8, 4) is 30.8 Å². The first kappa shape index (κ1) is 56.1. The molecule has 15 nitrogen and oxygen atoms in total. The molecule has 2 fully saturated rings. The lowest BCUT2D eigenvalue weighted by atomic mass is 10.2. The fourth-order valence-electron chi connectivity index (χ4n) is 4.92. The molecule has 55 heavy (non-hydrogen) atoms. The summed E-state index contributed by atoms with van der Waals surface area (Å²) in [6, 6.07) is 1.75. The van der Waals surface area contributed by atoms with Crippen LogP contribution in [0.1, 0.15) is 68.7 Å². The molecule has 0 spiro atoms. The first-order valence-corrected chi connectivity index (χ1v) is 19.3. The topological polar surface area (TPSA) is 179 Å². The third-order valence-electron chi connectivity index (χ3n) is 7.21. The Hall–Kier alpha value is -3.27. The van der Waals surface area contributed by atoms with Crippen LogP contribution in [0.25, 0.3) is 0 Å². The van der Waals surface area contributed by atoms with E-state index >= 15 is 0 Å². The summed E-state index contributed by atoms with van der Waals surface area (Å²) < 4.78 is 10.8. The van der Waals surface area contributed by atoms with Gasteiger partial charge in [-0.3, -0.25) is 43.7 Å². The predicted octanol–water partition coefficient (Wildman–Crippen LogP) is 2.55. The maximum atomic E-state index is 12.1. The van der Waals surface area contributed by atoms with Crippen molar-refractivity contribution in [2.24, 2.45) is 0 Å². The summed E-state index contributed by atoms with van der Waals surface area (Å²) in [5.41, 5.74) is -0.949. The minimum absolute atomic E-state index is 0. The van der Waals surface area contributed by atoms with Crippen LogP contribution in [-0.4, -0.2) is 186 Å². The molecule has 3 N–H and O–H groups in total. The van der Waals surface area contributed by atoms with E-state index in [1.54, 1.807) is 6.07 Å². The number of nitrogens with zero attached hydrogens (tertiary/aromatic N) is 6. The number of carbonyl (C=O) groups excluding carboxylic acids is 2. The van der Waals surface area contributed by atoms with Crippen LogP contribution < -0.4 is 5.32 Å². The zero-order valence-electron chi connectivity index (χ0n) is 33.7. The lowest BCUT2D eigenvalue weighted by molar-refractivity contribution is -0.158. The summed E-state index contributed by atoms with van der Waals surface area (Å²) in [5.74, 6) is 2.90. The molecule has 2 aliphatic rings. The average Bonchev–Trinajstić information content (AvgIpc) is 3.19. The van der Waals surface area contributed by atoms with Crippen LogP contribution in [0.4, 0.5) is 0 Å². The monoisotopic (exact) mass is 843 g/mol. The van der Waals surface area contributed by atoms with Gasteiger partial charge < -0.3 is 25.0 Å². The Labute approximate surface area is 340 Å². The maximum Gasteiger partial charge on any atom is 0.320 e. The van der Waals surface area contributed by atoms with Gasteiger partial charge in [0.2, 0.25) is 0 Å². The molecule has 2 rings (SSSR count). The van der Waals surface area contributed by atoms with Gasteiger partial charge in [0.15, 0.2) is 0 Å². The molecule has 0 bridgehead atoms. The lowest BCUT2D eigenvalue weighted by Crippen LogP contribution is -2.42. The molecule has 0 aliphatic carbocycles. The smallest absolute Gasteiger partial charge is 0.320 e. The molecule has 0 amide bonds. The van der Waals surface area contributed by atoms with Crippen molar-refractivity contribution in [3.05, 3.63) is 0 Å². The number of alkyl halides is 1. The standard InChI is InChI=1S/C18H35N3O4.C14H23N3O4.C4H5Br.C2H3N.CH4/c1-17(2,3)24-15(22)13-20-9-7-19-8-10-21(12-11-20)14-16(23)25-18(4,5)6;1-2-3-4-15-5-7-16(11-13(18)19)9-10-17(8-6-15)12-14(20)21;1-2-3-4-5;1-2-3;/h19H,7-14H2,1-6H3;1H,3-12H2,(H,18,19)(H,20,21);1H,3-4H2;1H3;1H4. The van der Waals surface area contributed by atoms with E-state index in [2.05, 4.69) is 47.8 Å². The Kier molecular flexibility index (Phi) is 33.6. The number of hydrogen-bond acceptors (Lipinski definition) is 13. The second kappa shape index (κ2) is 32.9. The SMILES string of the molecule is C.C#CCCBr.C#CCCN1CCN(CC(=O)O)CCN(CC(=O)O)CC1.CC#N.CC(C)(C)OC(=O)CN1CCNCCN(CC(=O)OC(C)(C)C)CC1. The molecule has 2 heterocycles. The Balaban J connectivity index is -0.000000816. The van der Waals surface area contributed by atoms with Crippen molar-refractivity contribution in [3.63, 3.8) is 0 Å². The molecule has 0 aromatic rings. The Morgan fingerprint density at radius 2 is 0.964 bits per heavy atom. The Morgan fingerprint density at radius 1 is 0.655 bits per heavy atom. The molecule has 0 aromatic heterocycles. The van der Waals surface area contributed by atoms with E-state index in [9.17, 15) is 19.2 Å². The number of nitrogens with one attached hydrogen (secondary N) is 1. The number of carboxylic acids is 2. The minimum Gasteiger partial charge on any atom is -0.480 e. The largest absolute Gasteiger partial charge is 0.480 e. The van der Waals surface area contributed by atoms with Gasteiger partial charge in [0.25, 0.3) is 0 Å². The van der Waals surface area contributed by atoms with E-state index in [1.165, 1.54) is 6.92 Å². The summed E-state index contributed by atoms with van der Waals surface area (Å²) in [6.07, 6.45) is 11.6. The summed E-state index contributed by atoms with van der Waals surface area (Å²) in [4.78, 5) is 55.8. The third-order valence-corrected chi connectivity index (χ3v) is 7.61. The van der Waals surface area contributed by atoms with E-state index in [0.717, 1.165) is 57.6 Å². The molecule has 0 unspecified atom stereocenters. The number of nitriles is 1. The lowest BCUT2D eigenvalue weighted by Gasteiger charge is -2.27. The number of esters is 2. The Morgan fingerprint density at radius 3 is 1.22 bits per heavy atom. The van der Waals surface area contributed by atoms with E-state index in [1.807, 2.05) is 51.3 Å². The average molecular weight is 845 g/mol. The summed E-state index contributed by atoms with van der Waals surface area (Å²) >= 11 is 3.17. The predicted molar refractivity (Wildman–Crippen MR) is 221 cm³/mol. The minimum atomic E-state index is -0.866. The number of carboxylic acid groups (broad SMARTS) is 2. The highest BCUT2D eigenvalue weighted by atomic mass is 79.9. The van der Waals surface area contributed by atoms with Crippen molar-refractivity contribution >= 4 is 39.8 Å². The third kappa shape index (κ3) is 37.4.